The van der Waals surface area contributed by atoms with Crippen LogP contribution < -0.4 is 11.3 Å². The third-order valence-electron chi connectivity index (χ3n) is 1.99. The van der Waals surface area contributed by atoms with Gasteiger partial charge in [0, 0.05) is 17.5 Å². The van der Waals surface area contributed by atoms with Crippen molar-refractivity contribution in [3.63, 3.8) is 0 Å². The third kappa shape index (κ3) is 3.81. The molecule has 1 aromatic rings. The average Bonchev–Trinajstić information content (AvgIpc) is 2.52. The van der Waals surface area contributed by atoms with Gasteiger partial charge in [-0.1, -0.05) is 26.0 Å². The highest BCUT2D eigenvalue weighted by Crippen LogP contribution is 2.27. The molecule has 3 N–H and O–H groups in total. The molecule has 1 heterocycles. The number of hydrogen-bond donors (Lipinski definition) is 2. The molecule has 0 aliphatic carbocycles. The van der Waals surface area contributed by atoms with Gasteiger partial charge in [-0.25, -0.2) is 0 Å². The lowest BCUT2D eigenvalue weighted by Crippen LogP contribution is -2.32. The first-order valence-electron chi connectivity index (χ1n) is 4.88. The zero-order chi connectivity index (χ0) is 11.5. The molecule has 1 rings (SSSR count). The highest BCUT2D eigenvalue weighted by Gasteiger charge is 2.18. The van der Waals surface area contributed by atoms with Gasteiger partial charge in [0.2, 0.25) is 0 Å². The molecule has 1 atom stereocenters. The van der Waals surface area contributed by atoms with Crippen LogP contribution in [0.1, 0.15) is 32.5 Å². The van der Waals surface area contributed by atoms with Gasteiger partial charge < -0.3 is 0 Å². The molecule has 0 aliphatic rings. The lowest BCUT2D eigenvalue weighted by atomic mass is 10.2. The minimum atomic E-state index is 0.0919. The summed E-state index contributed by atoms with van der Waals surface area (Å²) in [5, 5.41) is 7.73. The molecule has 0 radical (unpaired) electrons. The van der Waals surface area contributed by atoms with Crippen LogP contribution in [-0.2, 0) is 7.05 Å². The first kappa shape index (κ1) is 12.5. The molecule has 1 unspecified atom stereocenters. The van der Waals surface area contributed by atoms with Crippen LogP contribution in [0.2, 0.25) is 0 Å². The standard InChI is InChI=1S/C9H19N5S/c1-9(2,3)15-6-7(12-10)8-5-11-13-14(8)4/h5,7,12H,6,10H2,1-4H3. The van der Waals surface area contributed by atoms with Crippen LogP contribution in [0.15, 0.2) is 6.20 Å². The lowest BCUT2D eigenvalue weighted by molar-refractivity contribution is 0.549. The Labute approximate surface area is 94.8 Å². The Morgan fingerprint density at radius 1 is 1.60 bits per heavy atom. The van der Waals surface area contributed by atoms with E-state index in [1.165, 1.54) is 0 Å². The van der Waals surface area contributed by atoms with E-state index in [4.69, 9.17) is 5.84 Å². The molecular weight excluding hydrogens is 210 g/mol. The van der Waals surface area contributed by atoms with E-state index in [1.807, 2.05) is 18.8 Å². The predicted octanol–water partition coefficient (Wildman–Crippen LogP) is 0.851. The molecule has 0 aromatic carbocycles. The molecule has 0 bridgehead atoms. The highest BCUT2D eigenvalue weighted by atomic mass is 32.2. The maximum atomic E-state index is 5.53. The quantitative estimate of drug-likeness (QED) is 0.592. The van der Waals surface area contributed by atoms with Crippen molar-refractivity contribution in [3.05, 3.63) is 11.9 Å². The number of thioether (sulfide) groups is 1. The second-order valence-corrected chi connectivity index (χ2v) is 6.27. The molecular formula is C9H19N5S. The van der Waals surface area contributed by atoms with E-state index in [-0.39, 0.29) is 10.8 Å². The van der Waals surface area contributed by atoms with Crippen molar-refractivity contribution in [2.75, 3.05) is 5.75 Å². The summed E-state index contributed by atoms with van der Waals surface area (Å²) in [5.41, 5.74) is 3.80. The number of aromatic nitrogens is 3. The number of nitrogens with zero attached hydrogens (tertiary/aromatic N) is 3. The van der Waals surface area contributed by atoms with E-state index in [9.17, 15) is 0 Å². The van der Waals surface area contributed by atoms with Gasteiger partial charge in [0.1, 0.15) is 0 Å². The number of nitrogens with one attached hydrogen (secondary N) is 1. The second-order valence-electron chi connectivity index (χ2n) is 4.43. The van der Waals surface area contributed by atoms with Gasteiger partial charge in [0.15, 0.2) is 0 Å². The zero-order valence-corrected chi connectivity index (χ0v) is 10.5. The fourth-order valence-corrected chi connectivity index (χ4v) is 2.10. The number of aryl methyl sites for hydroxylation is 1. The number of rotatable bonds is 4. The topological polar surface area (TPSA) is 68.8 Å². The van der Waals surface area contributed by atoms with E-state index >= 15 is 0 Å². The molecule has 0 spiro atoms. The van der Waals surface area contributed by atoms with E-state index in [1.54, 1.807) is 10.9 Å². The second kappa shape index (κ2) is 4.96. The monoisotopic (exact) mass is 229 g/mol. The summed E-state index contributed by atoms with van der Waals surface area (Å²) < 4.78 is 1.98. The van der Waals surface area contributed by atoms with E-state index in [0.717, 1.165) is 11.4 Å². The van der Waals surface area contributed by atoms with Gasteiger partial charge in [-0.05, 0) is 0 Å². The van der Waals surface area contributed by atoms with Crippen LogP contribution in [0, 0.1) is 0 Å². The summed E-state index contributed by atoms with van der Waals surface area (Å²) in [6.45, 7) is 6.56. The number of hydrogen-bond acceptors (Lipinski definition) is 5. The molecule has 0 saturated carbocycles. The Hall–Kier alpha value is -0.590. The summed E-state index contributed by atoms with van der Waals surface area (Å²) in [4.78, 5) is 0. The van der Waals surface area contributed by atoms with Crippen LogP contribution in [0.4, 0.5) is 0 Å². The van der Waals surface area contributed by atoms with Crippen molar-refractivity contribution < 1.29 is 0 Å². The molecule has 5 nitrogen and oxygen atoms in total. The van der Waals surface area contributed by atoms with Crippen molar-refractivity contribution in [1.29, 1.82) is 0 Å². The van der Waals surface area contributed by atoms with Gasteiger partial charge in [0.05, 0.1) is 17.9 Å². The molecule has 0 aliphatic heterocycles. The van der Waals surface area contributed by atoms with Crippen LogP contribution in [-0.4, -0.2) is 25.5 Å². The largest absolute Gasteiger partial charge is 0.271 e. The van der Waals surface area contributed by atoms with Crippen molar-refractivity contribution in [3.8, 4) is 0 Å². The Bertz CT molecular complexity index is 304. The lowest BCUT2D eigenvalue weighted by Gasteiger charge is -2.22. The van der Waals surface area contributed by atoms with E-state index < -0.39 is 0 Å². The summed E-state index contributed by atoms with van der Waals surface area (Å²) in [6.07, 6.45) is 1.74. The third-order valence-corrected chi connectivity index (χ3v) is 3.36. The molecule has 0 saturated heterocycles. The molecule has 0 fully saturated rings. The minimum Gasteiger partial charge on any atom is -0.271 e. The SMILES string of the molecule is Cn1nncc1C(CSC(C)(C)C)NN. The van der Waals surface area contributed by atoms with Gasteiger partial charge >= 0.3 is 0 Å². The Kier molecular flexibility index (Phi) is 4.12. The zero-order valence-electron chi connectivity index (χ0n) is 9.69. The van der Waals surface area contributed by atoms with Crippen molar-refractivity contribution in [2.24, 2.45) is 12.9 Å². The summed E-state index contributed by atoms with van der Waals surface area (Å²) in [5.74, 6) is 6.43. The maximum Gasteiger partial charge on any atom is 0.0775 e. The number of hydrazine groups is 1. The minimum absolute atomic E-state index is 0.0919. The molecule has 6 heteroatoms. The maximum absolute atomic E-state index is 5.53. The van der Waals surface area contributed by atoms with Crippen LogP contribution in [0.5, 0.6) is 0 Å². The first-order valence-corrected chi connectivity index (χ1v) is 5.87. The fraction of sp³-hybridized carbons (Fsp3) is 0.778. The van der Waals surface area contributed by atoms with E-state index in [0.29, 0.717) is 0 Å². The van der Waals surface area contributed by atoms with Gasteiger partial charge in [-0.15, -0.1) is 5.10 Å². The fourth-order valence-electron chi connectivity index (χ4n) is 1.17. The van der Waals surface area contributed by atoms with Crippen LogP contribution in [0.25, 0.3) is 0 Å². The van der Waals surface area contributed by atoms with Crippen molar-refractivity contribution in [2.45, 2.75) is 31.6 Å². The molecule has 86 valence electrons. The summed E-state index contributed by atoms with van der Waals surface area (Å²) >= 11 is 1.86. The van der Waals surface area contributed by atoms with E-state index in [2.05, 4.69) is 36.5 Å². The smallest absolute Gasteiger partial charge is 0.0775 e. The van der Waals surface area contributed by atoms with Gasteiger partial charge in [0.25, 0.3) is 0 Å². The molecule has 15 heavy (non-hydrogen) atoms. The summed E-state index contributed by atoms with van der Waals surface area (Å²) in [7, 11) is 1.87. The van der Waals surface area contributed by atoms with Crippen molar-refractivity contribution >= 4 is 11.8 Å². The Morgan fingerprint density at radius 2 is 2.27 bits per heavy atom. The normalized spacial score (nSPS) is 14.2. The Balaban J connectivity index is 2.61. The summed E-state index contributed by atoms with van der Waals surface area (Å²) in [6, 6.07) is 0.0919. The van der Waals surface area contributed by atoms with Crippen LogP contribution >= 0.6 is 11.8 Å². The predicted molar refractivity (Wildman–Crippen MR) is 63.3 cm³/mol. The van der Waals surface area contributed by atoms with Crippen LogP contribution in [0.3, 0.4) is 0 Å². The first-order chi connectivity index (χ1) is 6.94. The average molecular weight is 229 g/mol. The van der Waals surface area contributed by atoms with Gasteiger partial charge in [-0.3, -0.25) is 16.0 Å². The molecule has 1 aromatic heterocycles. The molecule has 0 amide bonds. The highest BCUT2D eigenvalue weighted by molar-refractivity contribution is 8.00. The number of nitrogens with two attached hydrogens (primary N) is 1. The van der Waals surface area contributed by atoms with Crippen molar-refractivity contribution in [1.82, 2.24) is 20.4 Å². The Morgan fingerprint density at radius 3 is 2.67 bits per heavy atom. The van der Waals surface area contributed by atoms with Gasteiger partial charge in [-0.2, -0.15) is 11.8 Å².